The van der Waals surface area contributed by atoms with Crippen LogP contribution >= 0.6 is 0 Å². The molecule has 4 rings (SSSR count). The smallest absolute Gasteiger partial charge is 0.326 e. The summed E-state index contributed by atoms with van der Waals surface area (Å²) in [6.07, 6.45) is 2.49. The van der Waals surface area contributed by atoms with Crippen LogP contribution in [-0.4, -0.2) is 57.9 Å². The number of para-hydroxylation sites is 1. The topological polar surface area (TPSA) is 166 Å². The first-order valence-corrected chi connectivity index (χ1v) is 15.1. The van der Waals surface area contributed by atoms with Crippen LogP contribution in [0.15, 0.2) is 91.1 Å². The number of carbonyl (C=O) groups is 4. The van der Waals surface area contributed by atoms with Gasteiger partial charge in [-0.1, -0.05) is 92.7 Å². The Morgan fingerprint density at radius 3 is 1.71 bits per heavy atom. The van der Waals surface area contributed by atoms with Crippen molar-refractivity contribution < 1.29 is 24.3 Å². The second kappa shape index (κ2) is 15.7. The van der Waals surface area contributed by atoms with Crippen LogP contribution in [0, 0.1) is 5.92 Å². The standard InChI is InChI=1S/C35H41N5O5/c1-22(2)17-27(36)32(41)38-29(18-23-11-5-3-6-12-23)33(42)39-30(19-24-13-7-4-8-14-24)34(43)40-31(35(44)45)20-25-21-37-28-16-10-9-15-26(25)28/h3-16,21-22,27,29-31,37H,17-20,36H2,1-2H3,(H,38,41)(H,39,42)(H,40,43)(H,44,45). The number of carbonyl (C=O) groups excluding carboxylic acids is 3. The number of aliphatic carboxylic acids is 1. The predicted octanol–water partition coefficient (Wildman–Crippen LogP) is 3.11. The van der Waals surface area contributed by atoms with Gasteiger partial charge in [-0.2, -0.15) is 0 Å². The molecule has 10 heteroatoms. The molecule has 3 aromatic carbocycles. The minimum atomic E-state index is -1.25. The summed E-state index contributed by atoms with van der Waals surface area (Å²) >= 11 is 0. The molecule has 0 aliphatic heterocycles. The molecule has 4 atom stereocenters. The molecule has 0 aliphatic rings. The Morgan fingerprint density at radius 1 is 0.689 bits per heavy atom. The number of carboxylic acid groups (broad SMARTS) is 1. The van der Waals surface area contributed by atoms with Crippen molar-refractivity contribution in [1.29, 1.82) is 0 Å². The number of aromatic amines is 1. The Kier molecular flexibility index (Phi) is 11.5. The molecular weight excluding hydrogens is 570 g/mol. The number of nitrogens with one attached hydrogen (secondary N) is 4. The number of hydrogen-bond donors (Lipinski definition) is 6. The van der Waals surface area contributed by atoms with Crippen LogP contribution in [0.5, 0.6) is 0 Å². The van der Waals surface area contributed by atoms with Crippen molar-refractivity contribution >= 4 is 34.6 Å². The van der Waals surface area contributed by atoms with Gasteiger partial charge in [0.1, 0.15) is 18.1 Å². The van der Waals surface area contributed by atoms with E-state index in [1.165, 1.54) is 0 Å². The minimum Gasteiger partial charge on any atom is -0.480 e. The van der Waals surface area contributed by atoms with Gasteiger partial charge in [-0.05, 0) is 35.1 Å². The van der Waals surface area contributed by atoms with E-state index in [-0.39, 0.29) is 25.2 Å². The van der Waals surface area contributed by atoms with Gasteiger partial charge in [-0.15, -0.1) is 0 Å². The van der Waals surface area contributed by atoms with Gasteiger partial charge in [0.15, 0.2) is 0 Å². The first-order valence-electron chi connectivity index (χ1n) is 15.1. The highest BCUT2D eigenvalue weighted by Crippen LogP contribution is 2.19. The zero-order chi connectivity index (χ0) is 32.3. The number of rotatable bonds is 15. The van der Waals surface area contributed by atoms with E-state index in [2.05, 4.69) is 20.9 Å². The molecule has 236 valence electrons. The van der Waals surface area contributed by atoms with E-state index in [4.69, 9.17) is 5.73 Å². The first-order chi connectivity index (χ1) is 21.6. The van der Waals surface area contributed by atoms with Gasteiger partial charge < -0.3 is 31.8 Å². The van der Waals surface area contributed by atoms with Crippen LogP contribution in [0.1, 0.15) is 37.0 Å². The number of hydrogen-bond acceptors (Lipinski definition) is 5. The molecule has 1 heterocycles. The lowest BCUT2D eigenvalue weighted by Crippen LogP contribution is -2.58. The minimum absolute atomic E-state index is 0.0392. The zero-order valence-electron chi connectivity index (χ0n) is 25.5. The highest BCUT2D eigenvalue weighted by Gasteiger charge is 2.31. The summed E-state index contributed by atoms with van der Waals surface area (Å²) in [7, 11) is 0. The quantitative estimate of drug-likeness (QED) is 0.121. The molecule has 0 radical (unpaired) electrons. The number of aromatic nitrogens is 1. The van der Waals surface area contributed by atoms with Gasteiger partial charge in [-0.3, -0.25) is 14.4 Å². The molecule has 0 spiro atoms. The molecule has 4 unspecified atom stereocenters. The zero-order valence-corrected chi connectivity index (χ0v) is 25.5. The second-order valence-corrected chi connectivity index (χ2v) is 11.7. The summed E-state index contributed by atoms with van der Waals surface area (Å²) in [5.41, 5.74) is 9.30. The third-order valence-electron chi connectivity index (χ3n) is 7.61. The molecule has 0 bridgehead atoms. The largest absolute Gasteiger partial charge is 0.480 e. The first kappa shape index (κ1) is 32.9. The van der Waals surface area contributed by atoms with Gasteiger partial charge in [0.2, 0.25) is 17.7 Å². The second-order valence-electron chi connectivity index (χ2n) is 11.7. The van der Waals surface area contributed by atoms with Crippen LogP contribution in [-0.2, 0) is 38.4 Å². The summed E-state index contributed by atoms with van der Waals surface area (Å²) in [4.78, 5) is 55.9. The van der Waals surface area contributed by atoms with Crippen molar-refractivity contribution in [2.75, 3.05) is 0 Å². The van der Waals surface area contributed by atoms with E-state index in [1.54, 1.807) is 6.20 Å². The van der Waals surface area contributed by atoms with Gasteiger partial charge in [0.25, 0.3) is 0 Å². The molecule has 0 saturated carbocycles. The van der Waals surface area contributed by atoms with E-state index in [0.717, 1.165) is 27.6 Å². The number of nitrogens with two attached hydrogens (primary N) is 1. The van der Waals surface area contributed by atoms with Crippen molar-refractivity contribution in [3.63, 3.8) is 0 Å². The average Bonchev–Trinajstić information content (AvgIpc) is 3.43. The van der Waals surface area contributed by atoms with Gasteiger partial charge in [-0.25, -0.2) is 4.79 Å². The Balaban J connectivity index is 1.56. The molecule has 0 fully saturated rings. The number of fused-ring (bicyclic) bond motifs is 1. The maximum absolute atomic E-state index is 13.8. The van der Waals surface area contributed by atoms with Crippen LogP contribution < -0.4 is 21.7 Å². The summed E-state index contributed by atoms with van der Waals surface area (Å²) in [5, 5.41) is 19.1. The monoisotopic (exact) mass is 611 g/mol. The van der Waals surface area contributed by atoms with Crippen LogP contribution in [0.4, 0.5) is 0 Å². The lowest BCUT2D eigenvalue weighted by molar-refractivity contribution is -0.142. The van der Waals surface area contributed by atoms with Crippen molar-refractivity contribution in [2.24, 2.45) is 11.7 Å². The van der Waals surface area contributed by atoms with Crippen molar-refractivity contribution in [3.05, 3.63) is 108 Å². The van der Waals surface area contributed by atoms with Crippen LogP contribution in [0.3, 0.4) is 0 Å². The average molecular weight is 612 g/mol. The Labute approximate surface area is 262 Å². The van der Waals surface area contributed by atoms with Gasteiger partial charge >= 0.3 is 5.97 Å². The van der Waals surface area contributed by atoms with E-state index < -0.39 is 47.9 Å². The van der Waals surface area contributed by atoms with Crippen molar-refractivity contribution in [1.82, 2.24) is 20.9 Å². The summed E-state index contributed by atoms with van der Waals surface area (Å²) in [6.45, 7) is 3.91. The van der Waals surface area contributed by atoms with Crippen molar-refractivity contribution in [3.8, 4) is 0 Å². The molecule has 4 aromatic rings. The van der Waals surface area contributed by atoms with Crippen LogP contribution in [0.25, 0.3) is 10.9 Å². The predicted molar refractivity (Wildman–Crippen MR) is 173 cm³/mol. The van der Waals surface area contributed by atoms with Crippen molar-refractivity contribution in [2.45, 2.75) is 63.7 Å². The maximum atomic E-state index is 13.8. The van der Waals surface area contributed by atoms with E-state index >= 15 is 0 Å². The maximum Gasteiger partial charge on any atom is 0.326 e. The summed E-state index contributed by atoms with van der Waals surface area (Å²) in [6, 6.07) is 21.6. The van der Waals surface area contributed by atoms with Crippen LogP contribution in [0.2, 0.25) is 0 Å². The third-order valence-corrected chi connectivity index (χ3v) is 7.61. The fourth-order valence-corrected chi connectivity index (χ4v) is 5.28. The van der Waals surface area contributed by atoms with Gasteiger partial charge in [0.05, 0.1) is 6.04 Å². The Bertz CT molecular complexity index is 1590. The van der Waals surface area contributed by atoms with E-state index in [9.17, 15) is 24.3 Å². The number of amides is 3. The highest BCUT2D eigenvalue weighted by atomic mass is 16.4. The molecular formula is C35H41N5O5. The molecule has 7 N–H and O–H groups in total. The Hall–Kier alpha value is -4.96. The third kappa shape index (κ3) is 9.51. The molecule has 45 heavy (non-hydrogen) atoms. The number of benzene rings is 3. The van der Waals surface area contributed by atoms with E-state index in [1.807, 2.05) is 98.8 Å². The van der Waals surface area contributed by atoms with Gasteiger partial charge in [0, 0.05) is 36.4 Å². The molecule has 3 amide bonds. The lowest BCUT2D eigenvalue weighted by atomic mass is 10.00. The molecule has 10 nitrogen and oxygen atoms in total. The SMILES string of the molecule is CC(C)CC(N)C(=O)NC(Cc1ccccc1)C(=O)NC(Cc1ccccc1)C(=O)NC(Cc1c[nH]c2ccccc12)C(=O)O. The summed E-state index contributed by atoms with van der Waals surface area (Å²) in [5.74, 6) is -2.72. The molecule has 1 aromatic heterocycles. The fourth-order valence-electron chi connectivity index (χ4n) is 5.28. The molecule has 0 aliphatic carbocycles. The highest BCUT2D eigenvalue weighted by molar-refractivity contribution is 5.94. The fraction of sp³-hybridized carbons (Fsp3) is 0.314. The summed E-state index contributed by atoms with van der Waals surface area (Å²) < 4.78 is 0. The molecule has 0 saturated heterocycles. The van der Waals surface area contributed by atoms with E-state index in [0.29, 0.717) is 6.42 Å². The lowest BCUT2D eigenvalue weighted by Gasteiger charge is -2.26. The number of carboxylic acids is 1. The normalized spacial score (nSPS) is 13.9. The number of H-pyrrole nitrogens is 1. The Morgan fingerprint density at radius 2 is 1.18 bits per heavy atom.